The standard InChI is InChI=1S/C13H13N3O3/c1-7-5-9-8(3-4-19-9)12(18)11(7)13-15-14-6-10(17)16(13)2/h5-6,18H,3-4H2,1-2H3. The zero-order valence-electron chi connectivity index (χ0n) is 10.7. The molecule has 0 unspecified atom stereocenters. The van der Waals surface area contributed by atoms with Crippen molar-refractivity contribution in [3.63, 3.8) is 0 Å². The number of aromatic nitrogens is 3. The molecular weight excluding hydrogens is 246 g/mol. The molecule has 1 aliphatic rings. The summed E-state index contributed by atoms with van der Waals surface area (Å²) in [6.45, 7) is 2.40. The summed E-state index contributed by atoms with van der Waals surface area (Å²) in [6, 6.07) is 1.86. The molecule has 0 radical (unpaired) electrons. The van der Waals surface area contributed by atoms with Crippen molar-refractivity contribution in [3.05, 3.63) is 33.7 Å². The number of nitrogens with zero attached hydrogens (tertiary/aromatic N) is 3. The van der Waals surface area contributed by atoms with Gasteiger partial charge < -0.3 is 9.84 Å². The van der Waals surface area contributed by atoms with Gasteiger partial charge in [-0.2, -0.15) is 5.10 Å². The van der Waals surface area contributed by atoms with Crippen molar-refractivity contribution in [2.75, 3.05) is 6.61 Å². The van der Waals surface area contributed by atoms with Gasteiger partial charge in [0.05, 0.1) is 12.2 Å². The Morgan fingerprint density at radius 2 is 2.26 bits per heavy atom. The highest BCUT2D eigenvalue weighted by Gasteiger charge is 2.23. The van der Waals surface area contributed by atoms with E-state index >= 15 is 0 Å². The summed E-state index contributed by atoms with van der Waals surface area (Å²) in [7, 11) is 1.61. The summed E-state index contributed by atoms with van der Waals surface area (Å²) >= 11 is 0. The second kappa shape index (κ2) is 4.08. The fourth-order valence-electron chi connectivity index (χ4n) is 2.33. The minimum Gasteiger partial charge on any atom is -0.507 e. The molecule has 2 aromatic rings. The first-order valence-electron chi connectivity index (χ1n) is 5.97. The molecule has 1 N–H and O–H groups in total. The van der Waals surface area contributed by atoms with E-state index in [4.69, 9.17) is 4.74 Å². The highest BCUT2D eigenvalue weighted by atomic mass is 16.5. The molecular formula is C13H13N3O3. The number of fused-ring (bicyclic) bond motifs is 1. The summed E-state index contributed by atoms with van der Waals surface area (Å²) < 4.78 is 6.81. The lowest BCUT2D eigenvalue weighted by Gasteiger charge is -2.13. The predicted octanol–water partition coefficient (Wildman–Crippen LogP) is 0.791. The van der Waals surface area contributed by atoms with E-state index in [-0.39, 0.29) is 11.3 Å². The van der Waals surface area contributed by atoms with Crippen LogP contribution in [0.4, 0.5) is 0 Å². The van der Waals surface area contributed by atoms with E-state index in [2.05, 4.69) is 10.2 Å². The van der Waals surface area contributed by atoms with Gasteiger partial charge in [0.25, 0.3) is 5.56 Å². The third-order valence-electron chi connectivity index (χ3n) is 3.36. The maximum absolute atomic E-state index is 11.6. The third kappa shape index (κ3) is 1.68. The zero-order valence-corrected chi connectivity index (χ0v) is 10.7. The maximum Gasteiger partial charge on any atom is 0.272 e. The Hall–Kier alpha value is -2.37. The molecule has 0 saturated heterocycles. The van der Waals surface area contributed by atoms with Crippen LogP contribution < -0.4 is 10.3 Å². The largest absolute Gasteiger partial charge is 0.507 e. The number of hydrogen-bond acceptors (Lipinski definition) is 5. The normalized spacial score (nSPS) is 13.2. The van der Waals surface area contributed by atoms with Crippen molar-refractivity contribution in [3.8, 4) is 22.9 Å². The van der Waals surface area contributed by atoms with Crippen molar-refractivity contribution in [1.29, 1.82) is 0 Å². The number of aromatic hydroxyl groups is 1. The number of rotatable bonds is 1. The SMILES string of the molecule is Cc1cc2c(c(O)c1-c1nncc(=O)n1C)CCO2. The second-order valence-electron chi connectivity index (χ2n) is 4.56. The molecule has 19 heavy (non-hydrogen) atoms. The fourth-order valence-corrected chi connectivity index (χ4v) is 2.33. The molecule has 0 amide bonds. The highest BCUT2D eigenvalue weighted by molar-refractivity contribution is 5.73. The summed E-state index contributed by atoms with van der Waals surface area (Å²) in [6.07, 6.45) is 1.80. The van der Waals surface area contributed by atoms with Gasteiger partial charge >= 0.3 is 0 Å². The molecule has 0 bridgehead atoms. The van der Waals surface area contributed by atoms with E-state index in [0.717, 1.165) is 17.3 Å². The maximum atomic E-state index is 11.6. The lowest BCUT2D eigenvalue weighted by Crippen LogP contribution is -2.20. The number of ether oxygens (including phenoxy) is 1. The molecule has 0 saturated carbocycles. The van der Waals surface area contributed by atoms with Crippen LogP contribution in [0.3, 0.4) is 0 Å². The smallest absolute Gasteiger partial charge is 0.272 e. The van der Waals surface area contributed by atoms with E-state index in [1.54, 1.807) is 7.05 Å². The Balaban J connectivity index is 2.32. The van der Waals surface area contributed by atoms with Gasteiger partial charge in [-0.05, 0) is 18.6 Å². The van der Waals surface area contributed by atoms with Crippen LogP contribution in [0, 0.1) is 6.92 Å². The molecule has 6 nitrogen and oxygen atoms in total. The molecule has 1 aromatic carbocycles. The summed E-state index contributed by atoms with van der Waals surface area (Å²) in [5.41, 5.74) is 1.84. The van der Waals surface area contributed by atoms with Gasteiger partial charge in [0.1, 0.15) is 17.7 Å². The van der Waals surface area contributed by atoms with Gasteiger partial charge in [-0.15, -0.1) is 5.10 Å². The number of hydrogen-bond donors (Lipinski definition) is 1. The van der Waals surface area contributed by atoms with Gasteiger partial charge in [0.2, 0.25) is 0 Å². The minimum atomic E-state index is -0.263. The Morgan fingerprint density at radius 3 is 3.05 bits per heavy atom. The van der Waals surface area contributed by atoms with Crippen LogP contribution in [0.15, 0.2) is 17.1 Å². The minimum absolute atomic E-state index is 0.128. The van der Waals surface area contributed by atoms with Crippen LogP contribution in [-0.4, -0.2) is 26.5 Å². The van der Waals surface area contributed by atoms with E-state index in [0.29, 0.717) is 30.2 Å². The van der Waals surface area contributed by atoms with Crippen LogP contribution in [0.5, 0.6) is 11.5 Å². The molecule has 0 atom stereocenters. The Labute approximate surface area is 109 Å². The van der Waals surface area contributed by atoms with E-state index in [1.807, 2.05) is 13.0 Å². The average molecular weight is 259 g/mol. The van der Waals surface area contributed by atoms with Crippen LogP contribution >= 0.6 is 0 Å². The third-order valence-corrected chi connectivity index (χ3v) is 3.36. The monoisotopic (exact) mass is 259 g/mol. The van der Waals surface area contributed by atoms with Crippen molar-refractivity contribution in [2.24, 2.45) is 7.05 Å². The van der Waals surface area contributed by atoms with Crippen LogP contribution in [-0.2, 0) is 13.5 Å². The first kappa shape index (κ1) is 11.7. The second-order valence-corrected chi connectivity index (χ2v) is 4.56. The summed E-state index contributed by atoms with van der Waals surface area (Å²) in [4.78, 5) is 11.6. The van der Waals surface area contributed by atoms with E-state index in [9.17, 15) is 9.90 Å². The quantitative estimate of drug-likeness (QED) is 0.819. The van der Waals surface area contributed by atoms with Crippen LogP contribution in [0.25, 0.3) is 11.4 Å². The molecule has 0 fully saturated rings. The topological polar surface area (TPSA) is 77.2 Å². The summed E-state index contributed by atoms with van der Waals surface area (Å²) in [5, 5.41) is 18.0. The summed E-state index contributed by atoms with van der Waals surface area (Å²) in [5.74, 6) is 1.19. The van der Waals surface area contributed by atoms with Gasteiger partial charge in [0, 0.05) is 19.0 Å². The number of phenolic OH excluding ortho intramolecular Hbond substituents is 1. The predicted molar refractivity (Wildman–Crippen MR) is 68.3 cm³/mol. The lowest BCUT2D eigenvalue weighted by atomic mass is 10.0. The molecule has 3 rings (SSSR count). The highest BCUT2D eigenvalue weighted by Crippen LogP contribution is 2.41. The van der Waals surface area contributed by atoms with Gasteiger partial charge in [-0.25, -0.2) is 0 Å². The average Bonchev–Trinajstić information content (AvgIpc) is 2.82. The first-order valence-corrected chi connectivity index (χ1v) is 5.97. The Morgan fingerprint density at radius 1 is 1.47 bits per heavy atom. The first-order chi connectivity index (χ1) is 9.09. The van der Waals surface area contributed by atoms with Gasteiger partial charge in [-0.1, -0.05) is 0 Å². The molecule has 6 heteroatoms. The molecule has 0 spiro atoms. The fraction of sp³-hybridized carbons (Fsp3) is 0.308. The van der Waals surface area contributed by atoms with Crippen LogP contribution in [0.1, 0.15) is 11.1 Å². The van der Waals surface area contributed by atoms with Crippen LogP contribution in [0.2, 0.25) is 0 Å². The van der Waals surface area contributed by atoms with Gasteiger partial charge in [-0.3, -0.25) is 9.36 Å². The Bertz CT molecular complexity index is 722. The van der Waals surface area contributed by atoms with E-state index < -0.39 is 0 Å². The number of phenols is 1. The van der Waals surface area contributed by atoms with Crippen molar-refractivity contribution >= 4 is 0 Å². The number of aryl methyl sites for hydroxylation is 1. The number of benzene rings is 1. The van der Waals surface area contributed by atoms with Crippen molar-refractivity contribution in [2.45, 2.75) is 13.3 Å². The molecule has 1 aromatic heterocycles. The zero-order chi connectivity index (χ0) is 13.6. The lowest BCUT2D eigenvalue weighted by molar-refractivity contribution is 0.356. The van der Waals surface area contributed by atoms with Crippen molar-refractivity contribution in [1.82, 2.24) is 14.8 Å². The van der Waals surface area contributed by atoms with Gasteiger partial charge in [0.15, 0.2) is 5.82 Å². The molecule has 1 aliphatic heterocycles. The van der Waals surface area contributed by atoms with E-state index in [1.165, 1.54) is 4.57 Å². The molecule has 2 heterocycles. The molecule has 0 aliphatic carbocycles. The Kier molecular flexibility index (Phi) is 2.51. The molecule has 98 valence electrons. The van der Waals surface area contributed by atoms with Crippen molar-refractivity contribution < 1.29 is 9.84 Å².